The second-order valence-electron chi connectivity index (χ2n) is 4.56. The summed E-state index contributed by atoms with van der Waals surface area (Å²) in [5.41, 5.74) is 3.87. The zero-order chi connectivity index (χ0) is 10.8. The molecule has 0 bridgehead atoms. The highest BCUT2D eigenvalue weighted by atomic mass is 79.9. The highest BCUT2D eigenvalue weighted by molar-refractivity contribution is 9.10. The van der Waals surface area contributed by atoms with Gasteiger partial charge in [-0.2, -0.15) is 0 Å². The van der Waals surface area contributed by atoms with Gasteiger partial charge in [0.15, 0.2) is 0 Å². The Morgan fingerprint density at radius 3 is 2.93 bits per heavy atom. The van der Waals surface area contributed by atoms with E-state index >= 15 is 0 Å². The highest BCUT2D eigenvalue weighted by Crippen LogP contribution is 2.30. The van der Waals surface area contributed by atoms with Gasteiger partial charge < -0.3 is 0 Å². The van der Waals surface area contributed by atoms with Crippen LogP contribution in [0.5, 0.6) is 0 Å². The number of benzene rings is 1. The van der Waals surface area contributed by atoms with Crippen molar-refractivity contribution in [3.05, 3.63) is 28.2 Å². The molecular weight excluding hydrogens is 250 g/mol. The van der Waals surface area contributed by atoms with Crippen LogP contribution in [-0.4, -0.2) is 5.71 Å². The van der Waals surface area contributed by atoms with E-state index in [0.717, 1.165) is 28.9 Å². The number of nitrogens with zero attached hydrogens (tertiary/aromatic N) is 1. The predicted octanol–water partition coefficient (Wildman–Crippen LogP) is 4.51. The molecule has 0 N–H and O–H groups in total. The highest BCUT2D eigenvalue weighted by Gasteiger charge is 2.14. The summed E-state index contributed by atoms with van der Waals surface area (Å²) in [6.07, 6.45) is 3.43. The Balaban J connectivity index is 2.05. The van der Waals surface area contributed by atoms with Crippen LogP contribution in [0, 0.1) is 5.92 Å². The first-order valence-electron chi connectivity index (χ1n) is 5.50. The van der Waals surface area contributed by atoms with E-state index in [4.69, 9.17) is 0 Å². The van der Waals surface area contributed by atoms with Crippen molar-refractivity contribution in [2.24, 2.45) is 10.9 Å². The van der Waals surface area contributed by atoms with E-state index in [9.17, 15) is 0 Å². The third-order valence-electron chi connectivity index (χ3n) is 2.72. The normalized spacial score (nSPS) is 14.3. The van der Waals surface area contributed by atoms with Crippen LogP contribution in [0.1, 0.15) is 32.3 Å². The number of hydrogen-bond acceptors (Lipinski definition) is 1. The Morgan fingerprint density at radius 1 is 1.40 bits per heavy atom. The lowest BCUT2D eigenvalue weighted by Crippen LogP contribution is -2.00. The van der Waals surface area contributed by atoms with Gasteiger partial charge in [0.2, 0.25) is 0 Å². The maximum atomic E-state index is 4.66. The molecule has 15 heavy (non-hydrogen) atoms. The molecule has 0 radical (unpaired) electrons. The summed E-state index contributed by atoms with van der Waals surface area (Å²) in [6.45, 7) is 4.53. The molecule has 2 rings (SSSR count). The van der Waals surface area contributed by atoms with Crippen LogP contribution in [0.15, 0.2) is 27.7 Å². The molecule has 2 heteroatoms. The van der Waals surface area contributed by atoms with E-state index in [-0.39, 0.29) is 0 Å². The zero-order valence-corrected chi connectivity index (χ0v) is 10.8. The lowest BCUT2D eigenvalue weighted by molar-refractivity contribution is 0.602. The van der Waals surface area contributed by atoms with Gasteiger partial charge in [-0.15, -0.1) is 0 Å². The molecule has 0 amide bonds. The summed E-state index contributed by atoms with van der Waals surface area (Å²) in [5, 5.41) is 0. The third kappa shape index (κ3) is 2.69. The Morgan fingerprint density at radius 2 is 2.20 bits per heavy atom. The summed E-state index contributed by atoms with van der Waals surface area (Å²) >= 11 is 3.50. The quantitative estimate of drug-likeness (QED) is 0.763. The van der Waals surface area contributed by atoms with E-state index < -0.39 is 0 Å². The molecular formula is C13H16BrN. The zero-order valence-electron chi connectivity index (χ0n) is 9.26. The molecule has 0 fully saturated rings. The first-order chi connectivity index (χ1) is 7.15. The fraction of sp³-hybridized carbons (Fsp3) is 0.462. The summed E-state index contributed by atoms with van der Waals surface area (Å²) in [5.74, 6) is 0.767. The third-order valence-corrected chi connectivity index (χ3v) is 3.22. The van der Waals surface area contributed by atoms with Crippen molar-refractivity contribution >= 4 is 27.3 Å². The molecule has 80 valence electrons. The average molecular weight is 266 g/mol. The molecule has 0 aromatic heterocycles. The lowest BCUT2D eigenvalue weighted by atomic mass is 10.0. The van der Waals surface area contributed by atoms with E-state index in [1.807, 2.05) is 0 Å². The molecule has 1 nitrogen and oxygen atoms in total. The Labute approximate surface area is 99.7 Å². The second-order valence-corrected chi connectivity index (χ2v) is 5.48. The van der Waals surface area contributed by atoms with E-state index in [0.29, 0.717) is 0 Å². The molecule has 0 spiro atoms. The summed E-state index contributed by atoms with van der Waals surface area (Å²) in [4.78, 5) is 4.66. The Kier molecular flexibility index (Phi) is 3.25. The van der Waals surface area contributed by atoms with Gasteiger partial charge in [-0.3, -0.25) is 4.99 Å². The first-order valence-corrected chi connectivity index (χ1v) is 6.29. The van der Waals surface area contributed by atoms with Crippen LogP contribution in [0.4, 0.5) is 5.69 Å². The maximum absolute atomic E-state index is 4.66. The van der Waals surface area contributed by atoms with Crippen molar-refractivity contribution in [2.75, 3.05) is 0 Å². The van der Waals surface area contributed by atoms with Crippen LogP contribution < -0.4 is 0 Å². The van der Waals surface area contributed by atoms with Crippen molar-refractivity contribution in [1.82, 2.24) is 0 Å². The van der Waals surface area contributed by atoms with Crippen molar-refractivity contribution in [1.29, 1.82) is 0 Å². The predicted molar refractivity (Wildman–Crippen MR) is 69.0 cm³/mol. The fourth-order valence-electron chi connectivity index (χ4n) is 1.83. The van der Waals surface area contributed by atoms with Gasteiger partial charge >= 0.3 is 0 Å². The second kappa shape index (κ2) is 4.48. The summed E-state index contributed by atoms with van der Waals surface area (Å²) < 4.78 is 1.15. The minimum Gasteiger partial charge on any atom is -0.257 e. The first kappa shape index (κ1) is 10.9. The summed E-state index contributed by atoms with van der Waals surface area (Å²) in [7, 11) is 0. The number of halogens is 1. The van der Waals surface area contributed by atoms with Crippen molar-refractivity contribution in [3.63, 3.8) is 0 Å². The molecule has 1 aromatic carbocycles. The number of fused-ring (bicyclic) bond motifs is 1. The number of hydrogen-bond donors (Lipinski definition) is 0. The van der Waals surface area contributed by atoms with Gasteiger partial charge in [0, 0.05) is 16.6 Å². The largest absolute Gasteiger partial charge is 0.257 e. The van der Waals surface area contributed by atoms with Gasteiger partial charge in [-0.1, -0.05) is 29.8 Å². The van der Waals surface area contributed by atoms with Crippen LogP contribution in [0.25, 0.3) is 0 Å². The van der Waals surface area contributed by atoms with E-state index in [2.05, 4.69) is 53.0 Å². The number of aliphatic imine (C=N–C) groups is 1. The number of rotatable bonds is 3. The molecule has 0 unspecified atom stereocenters. The summed E-state index contributed by atoms with van der Waals surface area (Å²) in [6, 6.07) is 6.34. The molecule has 1 aliphatic rings. The maximum Gasteiger partial charge on any atom is 0.0665 e. The molecule has 1 heterocycles. The molecule has 0 saturated heterocycles. The van der Waals surface area contributed by atoms with Crippen molar-refractivity contribution in [3.8, 4) is 0 Å². The van der Waals surface area contributed by atoms with Crippen molar-refractivity contribution < 1.29 is 0 Å². The topological polar surface area (TPSA) is 12.4 Å². The van der Waals surface area contributed by atoms with Gasteiger partial charge in [0.1, 0.15) is 0 Å². The molecule has 1 aliphatic heterocycles. The minimum absolute atomic E-state index is 0.767. The average Bonchev–Trinajstić information content (AvgIpc) is 2.56. The Bertz CT molecular complexity index is 394. The van der Waals surface area contributed by atoms with Gasteiger partial charge in [0.05, 0.1) is 5.69 Å². The van der Waals surface area contributed by atoms with Crippen LogP contribution >= 0.6 is 15.9 Å². The van der Waals surface area contributed by atoms with Gasteiger partial charge in [-0.25, -0.2) is 0 Å². The Hall–Kier alpha value is -0.630. The molecule has 0 atom stereocenters. The standard InChI is InChI=1S/C13H16BrN/c1-9(2)3-5-12-8-10-7-11(14)4-6-13(10)15-12/h4,6-7,9H,3,5,8H2,1-2H3. The van der Waals surface area contributed by atoms with Crippen LogP contribution in [0.2, 0.25) is 0 Å². The minimum atomic E-state index is 0.767. The molecule has 0 aliphatic carbocycles. The van der Waals surface area contributed by atoms with Gasteiger partial charge in [-0.05, 0) is 42.5 Å². The SMILES string of the molecule is CC(C)CCC1=Nc2ccc(Br)cc2C1. The lowest BCUT2D eigenvalue weighted by Gasteiger charge is -2.03. The van der Waals surface area contributed by atoms with E-state index in [1.54, 1.807) is 0 Å². The molecule has 0 saturated carbocycles. The van der Waals surface area contributed by atoms with Gasteiger partial charge in [0.25, 0.3) is 0 Å². The monoisotopic (exact) mass is 265 g/mol. The van der Waals surface area contributed by atoms with Crippen LogP contribution in [-0.2, 0) is 6.42 Å². The smallest absolute Gasteiger partial charge is 0.0665 e. The molecule has 1 aromatic rings. The fourth-order valence-corrected chi connectivity index (χ4v) is 2.24. The van der Waals surface area contributed by atoms with E-state index in [1.165, 1.54) is 17.7 Å². The van der Waals surface area contributed by atoms with Crippen molar-refractivity contribution in [2.45, 2.75) is 33.1 Å². The van der Waals surface area contributed by atoms with Crippen LogP contribution in [0.3, 0.4) is 0 Å².